The SMILES string of the molecule is C=CCN(Cc1ccccc1F)C(=O)c1cnn(-c2ccccc2)c1. The van der Waals surface area contributed by atoms with Crippen molar-refractivity contribution in [3.05, 3.63) is 96.6 Å². The minimum absolute atomic E-state index is 0.175. The molecule has 3 aromatic rings. The summed E-state index contributed by atoms with van der Waals surface area (Å²) in [6.45, 7) is 4.18. The first-order chi connectivity index (χ1) is 12.2. The lowest BCUT2D eigenvalue weighted by Crippen LogP contribution is -2.30. The maximum absolute atomic E-state index is 13.9. The van der Waals surface area contributed by atoms with Gasteiger partial charge in [0, 0.05) is 24.8 Å². The van der Waals surface area contributed by atoms with Gasteiger partial charge in [-0.25, -0.2) is 9.07 Å². The molecule has 0 fully saturated rings. The van der Waals surface area contributed by atoms with Crippen molar-refractivity contribution in [1.82, 2.24) is 14.7 Å². The highest BCUT2D eigenvalue weighted by Gasteiger charge is 2.18. The summed E-state index contributed by atoms with van der Waals surface area (Å²) in [7, 11) is 0. The van der Waals surface area contributed by atoms with Crippen LogP contribution in [-0.4, -0.2) is 27.1 Å². The number of nitrogens with zero attached hydrogens (tertiary/aromatic N) is 3. The molecule has 0 N–H and O–H groups in total. The highest BCUT2D eigenvalue weighted by atomic mass is 19.1. The summed E-state index contributed by atoms with van der Waals surface area (Å²) >= 11 is 0. The van der Waals surface area contributed by atoms with E-state index in [0.717, 1.165) is 5.69 Å². The van der Waals surface area contributed by atoms with Crippen molar-refractivity contribution in [3.8, 4) is 5.69 Å². The number of hydrogen-bond acceptors (Lipinski definition) is 2. The van der Waals surface area contributed by atoms with Crippen molar-refractivity contribution in [3.63, 3.8) is 0 Å². The number of amides is 1. The fraction of sp³-hybridized carbons (Fsp3) is 0.100. The zero-order chi connectivity index (χ0) is 17.6. The lowest BCUT2D eigenvalue weighted by molar-refractivity contribution is 0.0761. The Hall–Kier alpha value is -3.21. The molecule has 4 nitrogen and oxygen atoms in total. The number of benzene rings is 2. The molecule has 3 rings (SSSR count). The van der Waals surface area contributed by atoms with E-state index >= 15 is 0 Å². The van der Waals surface area contributed by atoms with Crippen LogP contribution in [0, 0.1) is 5.82 Å². The molecule has 0 saturated heterocycles. The Morgan fingerprint density at radius 1 is 1.16 bits per heavy atom. The van der Waals surface area contributed by atoms with Crippen molar-refractivity contribution in [2.45, 2.75) is 6.54 Å². The molecule has 2 aromatic carbocycles. The topological polar surface area (TPSA) is 38.1 Å². The van der Waals surface area contributed by atoms with E-state index in [-0.39, 0.29) is 18.3 Å². The van der Waals surface area contributed by atoms with Gasteiger partial charge in [-0.2, -0.15) is 5.10 Å². The molecule has 126 valence electrons. The largest absolute Gasteiger partial charge is 0.330 e. The van der Waals surface area contributed by atoms with Crippen LogP contribution >= 0.6 is 0 Å². The molecule has 0 aliphatic carbocycles. The lowest BCUT2D eigenvalue weighted by Gasteiger charge is -2.20. The van der Waals surface area contributed by atoms with E-state index in [4.69, 9.17) is 0 Å². The predicted molar refractivity (Wildman–Crippen MR) is 94.9 cm³/mol. The van der Waals surface area contributed by atoms with Crippen molar-refractivity contribution < 1.29 is 9.18 Å². The highest BCUT2D eigenvalue weighted by Crippen LogP contribution is 2.14. The molecule has 1 heterocycles. The van der Waals surface area contributed by atoms with Gasteiger partial charge in [-0.05, 0) is 18.2 Å². The minimum Gasteiger partial charge on any atom is -0.330 e. The molecule has 5 heteroatoms. The van der Waals surface area contributed by atoms with Gasteiger partial charge in [0.25, 0.3) is 5.91 Å². The normalized spacial score (nSPS) is 10.4. The molecule has 0 aliphatic rings. The Labute approximate surface area is 145 Å². The van der Waals surface area contributed by atoms with E-state index in [0.29, 0.717) is 17.7 Å². The zero-order valence-electron chi connectivity index (χ0n) is 13.7. The number of carbonyl (C=O) groups excluding carboxylic acids is 1. The van der Waals surface area contributed by atoms with Gasteiger partial charge >= 0.3 is 0 Å². The van der Waals surface area contributed by atoms with Crippen LogP contribution in [0.3, 0.4) is 0 Å². The Morgan fingerprint density at radius 3 is 2.60 bits per heavy atom. The Bertz CT molecular complexity index is 873. The molecular weight excluding hydrogens is 317 g/mol. The molecule has 1 amide bonds. The molecule has 0 atom stereocenters. The first kappa shape index (κ1) is 16.6. The molecule has 0 aliphatic heterocycles. The van der Waals surface area contributed by atoms with Gasteiger partial charge in [0.05, 0.1) is 17.4 Å². The first-order valence-electron chi connectivity index (χ1n) is 7.92. The van der Waals surface area contributed by atoms with Crippen LogP contribution in [0.25, 0.3) is 5.69 Å². The van der Waals surface area contributed by atoms with E-state index in [1.807, 2.05) is 30.3 Å². The van der Waals surface area contributed by atoms with Gasteiger partial charge in [-0.3, -0.25) is 4.79 Å². The van der Waals surface area contributed by atoms with E-state index in [1.165, 1.54) is 17.2 Å². The summed E-state index contributed by atoms with van der Waals surface area (Å²) < 4.78 is 15.5. The Morgan fingerprint density at radius 2 is 1.88 bits per heavy atom. The van der Waals surface area contributed by atoms with Gasteiger partial charge in [0.1, 0.15) is 5.82 Å². The number of hydrogen-bond donors (Lipinski definition) is 0. The Balaban J connectivity index is 1.82. The molecule has 0 radical (unpaired) electrons. The average molecular weight is 335 g/mol. The van der Waals surface area contributed by atoms with Crippen LogP contribution in [0.5, 0.6) is 0 Å². The lowest BCUT2D eigenvalue weighted by atomic mass is 10.2. The van der Waals surface area contributed by atoms with Crippen molar-refractivity contribution >= 4 is 5.91 Å². The summed E-state index contributed by atoms with van der Waals surface area (Å²) in [6.07, 6.45) is 4.82. The van der Waals surface area contributed by atoms with E-state index in [2.05, 4.69) is 11.7 Å². The molecule has 1 aromatic heterocycles. The van der Waals surface area contributed by atoms with Crippen LogP contribution in [-0.2, 0) is 6.54 Å². The van der Waals surface area contributed by atoms with Crippen molar-refractivity contribution in [1.29, 1.82) is 0 Å². The fourth-order valence-corrected chi connectivity index (χ4v) is 2.55. The molecule has 0 bridgehead atoms. The highest BCUT2D eigenvalue weighted by molar-refractivity contribution is 5.93. The van der Waals surface area contributed by atoms with Gasteiger partial charge in [0.15, 0.2) is 0 Å². The molecular formula is C20H18FN3O. The second-order valence-corrected chi connectivity index (χ2v) is 5.57. The third-order valence-corrected chi connectivity index (χ3v) is 3.81. The van der Waals surface area contributed by atoms with E-state index in [9.17, 15) is 9.18 Å². The van der Waals surface area contributed by atoms with Crippen LogP contribution in [0.1, 0.15) is 15.9 Å². The second kappa shape index (κ2) is 7.57. The number of rotatable bonds is 6. The quantitative estimate of drug-likeness (QED) is 0.642. The summed E-state index contributed by atoms with van der Waals surface area (Å²) in [5, 5.41) is 4.24. The maximum atomic E-state index is 13.9. The second-order valence-electron chi connectivity index (χ2n) is 5.57. The van der Waals surface area contributed by atoms with E-state index < -0.39 is 0 Å². The van der Waals surface area contributed by atoms with E-state index in [1.54, 1.807) is 35.2 Å². The monoisotopic (exact) mass is 335 g/mol. The Kier molecular flexibility index (Phi) is 5.04. The standard InChI is InChI=1S/C20H18FN3O/c1-2-12-23(14-16-8-6-7-11-19(16)21)20(25)17-13-22-24(15-17)18-9-4-3-5-10-18/h2-11,13,15H,1,12,14H2. The summed E-state index contributed by atoms with van der Waals surface area (Å²) in [5.74, 6) is -0.547. The third kappa shape index (κ3) is 3.83. The smallest absolute Gasteiger partial charge is 0.257 e. The average Bonchev–Trinajstić information content (AvgIpc) is 3.13. The molecule has 25 heavy (non-hydrogen) atoms. The number of carbonyl (C=O) groups is 1. The van der Waals surface area contributed by atoms with Crippen molar-refractivity contribution in [2.75, 3.05) is 6.54 Å². The van der Waals surface area contributed by atoms with Crippen molar-refractivity contribution in [2.24, 2.45) is 0 Å². The summed E-state index contributed by atoms with van der Waals surface area (Å²) in [5.41, 5.74) is 1.78. The number of halogens is 1. The van der Waals surface area contributed by atoms with Gasteiger partial charge in [-0.1, -0.05) is 42.5 Å². The predicted octanol–water partition coefficient (Wildman–Crippen LogP) is 3.84. The van der Waals surface area contributed by atoms with Crippen LogP contribution in [0.4, 0.5) is 4.39 Å². The minimum atomic E-state index is -0.329. The molecule has 0 spiro atoms. The maximum Gasteiger partial charge on any atom is 0.257 e. The number of para-hydroxylation sites is 1. The molecule has 0 unspecified atom stereocenters. The van der Waals surface area contributed by atoms with Crippen LogP contribution in [0.15, 0.2) is 79.6 Å². The summed E-state index contributed by atoms with van der Waals surface area (Å²) in [6, 6.07) is 16.0. The number of aromatic nitrogens is 2. The third-order valence-electron chi connectivity index (χ3n) is 3.81. The molecule has 0 saturated carbocycles. The fourth-order valence-electron chi connectivity index (χ4n) is 2.55. The van der Waals surface area contributed by atoms with Crippen LogP contribution < -0.4 is 0 Å². The van der Waals surface area contributed by atoms with Gasteiger partial charge in [-0.15, -0.1) is 6.58 Å². The van der Waals surface area contributed by atoms with Gasteiger partial charge < -0.3 is 4.90 Å². The van der Waals surface area contributed by atoms with Gasteiger partial charge in [0.2, 0.25) is 0 Å². The first-order valence-corrected chi connectivity index (χ1v) is 7.92. The zero-order valence-corrected chi connectivity index (χ0v) is 13.7. The summed E-state index contributed by atoms with van der Waals surface area (Å²) in [4.78, 5) is 14.3. The van der Waals surface area contributed by atoms with Crippen LogP contribution in [0.2, 0.25) is 0 Å².